The SMILES string of the molecule is CCCCCCCCc1ccc(C(=O)O)c(C(=O)O)c1CCCCCCCC.Cn1cccc1. The summed E-state index contributed by atoms with van der Waals surface area (Å²) in [5, 5.41) is 19.1. The quantitative estimate of drug-likeness (QED) is 0.244. The minimum Gasteiger partial charge on any atom is -0.478 e. The number of rotatable bonds is 16. The minimum absolute atomic E-state index is 0.00420. The number of carbonyl (C=O) groups is 2. The van der Waals surface area contributed by atoms with Crippen LogP contribution < -0.4 is 0 Å². The van der Waals surface area contributed by atoms with Crippen LogP contribution in [0, 0.1) is 0 Å². The lowest BCUT2D eigenvalue weighted by atomic mass is 9.89. The molecule has 0 fully saturated rings. The van der Waals surface area contributed by atoms with Crippen molar-refractivity contribution in [1.82, 2.24) is 4.57 Å². The molecule has 2 rings (SSSR count). The van der Waals surface area contributed by atoms with Crippen LogP contribution in [0.5, 0.6) is 0 Å². The summed E-state index contributed by atoms with van der Waals surface area (Å²) >= 11 is 0. The van der Waals surface area contributed by atoms with E-state index in [9.17, 15) is 19.8 Å². The lowest BCUT2D eigenvalue weighted by Gasteiger charge is -2.15. The molecule has 0 amide bonds. The van der Waals surface area contributed by atoms with Crippen molar-refractivity contribution in [2.24, 2.45) is 7.05 Å². The van der Waals surface area contributed by atoms with E-state index in [4.69, 9.17) is 0 Å². The van der Waals surface area contributed by atoms with Crippen LogP contribution in [0.3, 0.4) is 0 Å². The smallest absolute Gasteiger partial charge is 0.336 e. The van der Waals surface area contributed by atoms with Crippen LogP contribution in [0.4, 0.5) is 0 Å². The fourth-order valence-electron chi connectivity index (χ4n) is 4.23. The molecule has 5 nitrogen and oxygen atoms in total. The summed E-state index contributed by atoms with van der Waals surface area (Å²) in [6.45, 7) is 4.39. The van der Waals surface area contributed by atoms with Crippen molar-refractivity contribution in [3.8, 4) is 0 Å². The molecule has 0 unspecified atom stereocenters. The van der Waals surface area contributed by atoms with Gasteiger partial charge in [0.25, 0.3) is 0 Å². The summed E-state index contributed by atoms with van der Waals surface area (Å²) in [5.74, 6) is -2.28. The van der Waals surface area contributed by atoms with Crippen molar-refractivity contribution in [2.45, 2.75) is 104 Å². The molecule has 0 saturated heterocycles. The highest BCUT2D eigenvalue weighted by molar-refractivity contribution is 6.03. The first kappa shape index (κ1) is 29.5. The van der Waals surface area contributed by atoms with Crippen LogP contribution in [0.1, 0.15) is 123 Å². The van der Waals surface area contributed by atoms with Gasteiger partial charge in [-0.25, -0.2) is 9.59 Å². The summed E-state index contributed by atoms with van der Waals surface area (Å²) in [6.07, 6.45) is 19.4. The van der Waals surface area contributed by atoms with E-state index in [2.05, 4.69) is 13.8 Å². The van der Waals surface area contributed by atoms with E-state index in [0.717, 1.165) is 49.7 Å². The molecular weight excluding hydrogens is 426 g/mol. The number of hydrogen-bond acceptors (Lipinski definition) is 2. The number of aryl methyl sites for hydroxylation is 2. The molecule has 0 radical (unpaired) electrons. The third kappa shape index (κ3) is 11.5. The van der Waals surface area contributed by atoms with E-state index < -0.39 is 11.9 Å². The van der Waals surface area contributed by atoms with Gasteiger partial charge in [0.1, 0.15) is 0 Å². The molecule has 190 valence electrons. The Hall–Kier alpha value is -2.56. The average molecular weight is 472 g/mol. The first-order valence-corrected chi connectivity index (χ1v) is 13.1. The number of aromatic nitrogens is 1. The molecule has 0 aliphatic carbocycles. The molecule has 1 aromatic heterocycles. The summed E-state index contributed by atoms with van der Waals surface area (Å²) in [7, 11) is 2.00. The molecule has 0 aliphatic rings. The zero-order valence-corrected chi connectivity index (χ0v) is 21.5. The molecular formula is C29H45NO4. The molecule has 1 heterocycles. The zero-order chi connectivity index (χ0) is 25.2. The number of unbranched alkanes of at least 4 members (excludes halogenated alkanes) is 10. The zero-order valence-electron chi connectivity index (χ0n) is 21.5. The van der Waals surface area contributed by atoms with Crippen molar-refractivity contribution in [3.63, 3.8) is 0 Å². The lowest BCUT2D eigenvalue weighted by molar-refractivity contribution is 0.0650. The van der Waals surface area contributed by atoms with E-state index in [1.807, 2.05) is 42.2 Å². The fourth-order valence-corrected chi connectivity index (χ4v) is 4.23. The standard InChI is InChI=1S/C24H38O4.C5H7N/c1-3-5-7-9-11-13-15-19-17-18-21(23(25)26)22(24(27)28)20(19)16-14-12-10-8-6-4-2;1-6-4-2-3-5-6/h17-18H,3-16H2,1-2H3,(H,25,26)(H,27,28);2-5H,1H3. The maximum absolute atomic E-state index is 11.9. The Balaban J connectivity index is 0.000000830. The Labute approximate surface area is 206 Å². The Bertz CT molecular complexity index is 827. The maximum atomic E-state index is 11.9. The molecule has 1 aromatic carbocycles. The number of benzene rings is 1. The van der Waals surface area contributed by atoms with E-state index >= 15 is 0 Å². The Morgan fingerprint density at radius 2 is 1.21 bits per heavy atom. The summed E-state index contributed by atoms with van der Waals surface area (Å²) in [5.41, 5.74) is 1.69. The number of carboxylic acid groups (broad SMARTS) is 2. The van der Waals surface area contributed by atoms with Crippen LogP contribution in [0.25, 0.3) is 0 Å². The van der Waals surface area contributed by atoms with E-state index in [1.165, 1.54) is 51.0 Å². The molecule has 0 aliphatic heterocycles. The fraction of sp³-hybridized carbons (Fsp3) is 0.586. The number of nitrogens with zero attached hydrogens (tertiary/aromatic N) is 1. The largest absolute Gasteiger partial charge is 0.478 e. The average Bonchev–Trinajstić information content (AvgIpc) is 3.29. The van der Waals surface area contributed by atoms with Gasteiger partial charge < -0.3 is 14.8 Å². The van der Waals surface area contributed by atoms with Crippen LogP contribution in [0.15, 0.2) is 36.7 Å². The van der Waals surface area contributed by atoms with Gasteiger partial charge in [0, 0.05) is 19.4 Å². The van der Waals surface area contributed by atoms with Crippen molar-refractivity contribution < 1.29 is 19.8 Å². The molecule has 0 spiro atoms. The number of hydrogen-bond donors (Lipinski definition) is 2. The number of carboxylic acids is 2. The van der Waals surface area contributed by atoms with Gasteiger partial charge in [0.05, 0.1) is 11.1 Å². The molecule has 0 saturated carbocycles. The topological polar surface area (TPSA) is 79.5 Å². The Morgan fingerprint density at radius 1 is 0.706 bits per heavy atom. The summed E-state index contributed by atoms with van der Waals surface area (Å²) < 4.78 is 2.00. The second-order valence-electron chi connectivity index (χ2n) is 9.12. The highest BCUT2D eigenvalue weighted by Crippen LogP contribution is 2.25. The molecule has 0 atom stereocenters. The second kappa shape index (κ2) is 17.9. The minimum atomic E-state index is -1.16. The summed E-state index contributed by atoms with van der Waals surface area (Å²) in [4.78, 5) is 23.4. The second-order valence-corrected chi connectivity index (χ2v) is 9.12. The summed E-state index contributed by atoms with van der Waals surface area (Å²) in [6, 6.07) is 7.32. The van der Waals surface area contributed by atoms with E-state index in [0.29, 0.717) is 6.42 Å². The van der Waals surface area contributed by atoms with Gasteiger partial charge in [-0.3, -0.25) is 0 Å². The maximum Gasteiger partial charge on any atom is 0.336 e. The Morgan fingerprint density at radius 3 is 1.65 bits per heavy atom. The first-order chi connectivity index (χ1) is 16.4. The van der Waals surface area contributed by atoms with Crippen LogP contribution in [0.2, 0.25) is 0 Å². The predicted octanol–water partition coefficient (Wildman–Crippen LogP) is 7.91. The van der Waals surface area contributed by atoms with Crippen molar-refractivity contribution in [3.05, 3.63) is 58.9 Å². The van der Waals surface area contributed by atoms with Gasteiger partial charge in [-0.05, 0) is 55.0 Å². The number of aromatic carboxylic acids is 2. The van der Waals surface area contributed by atoms with Gasteiger partial charge in [-0.15, -0.1) is 0 Å². The Kier molecular flexibility index (Phi) is 15.5. The van der Waals surface area contributed by atoms with Crippen LogP contribution in [-0.4, -0.2) is 26.7 Å². The third-order valence-corrected chi connectivity index (χ3v) is 6.19. The van der Waals surface area contributed by atoms with Crippen molar-refractivity contribution >= 4 is 11.9 Å². The predicted molar refractivity (Wildman–Crippen MR) is 140 cm³/mol. The van der Waals surface area contributed by atoms with Gasteiger partial charge in [-0.2, -0.15) is 0 Å². The van der Waals surface area contributed by atoms with Crippen molar-refractivity contribution in [1.29, 1.82) is 0 Å². The normalized spacial score (nSPS) is 10.6. The highest BCUT2D eigenvalue weighted by Gasteiger charge is 2.22. The lowest BCUT2D eigenvalue weighted by Crippen LogP contribution is -2.14. The van der Waals surface area contributed by atoms with E-state index in [1.54, 1.807) is 0 Å². The third-order valence-electron chi connectivity index (χ3n) is 6.19. The first-order valence-electron chi connectivity index (χ1n) is 13.1. The molecule has 5 heteroatoms. The van der Waals surface area contributed by atoms with Crippen LogP contribution in [-0.2, 0) is 19.9 Å². The molecule has 2 N–H and O–H groups in total. The van der Waals surface area contributed by atoms with Gasteiger partial charge in [-0.1, -0.05) is 84.1 Å². The van der Waals surface area contributed by atoms with Gasteiger partial charge in [0.15, 0.2) is 0 Å². The molecule has 0 bridgehead atoms. The molecule has 34 heavy (non-hydrogen) atoms. The monoisotopic (exact) mass is 471 g/mol. The van der Waals surface area contributed by atoms with Gasteiger partial charge >= 0.3 is 11.9 Å². The van der Waals surface area contributed by atoms with Gasteiger partial charge in [0.2, 0.25) is 0 Å². The van der Waals surface area contributed by atoms with Crippen molar-refractivity contribution in [2.75, 3.05) is 0 Å². The van der Waals surface area contributed by atoms with E-state index in [-0.39, 0.29) is 11.1 Å². The molecule has 2 aromatic rings. The van der Waals surface area contributed by atoms with Crippen LogP contribution >= 0.6 is 0 Å². The highest BCUT2D eigenvalue weighted by atomic mass is 16.4.